The predicted molar refractivity (Wildman–Crippen MR) is 75.0 cm³/mol. The van der Waals surface area contributed by atoms with Gasteiger partial charge in [0.15, 0.2) is 5.69 Å². The average molecular weight is 270 g/mol. The minimum absolute atomic E-state index is 0.107. The summed E-state index contributed by atoms with van der Waals surface area (Å²) in [6.45, 7) is 2.04. The van der Waals surface area contributed by atoms with Crippen LogP contribution in [-0.2, 0) is 6.42 Å². The molecule has 5 nitrogen and oxygen atoms in total. The van der Waals surface area contributed by atoms with Gasteiger partial charge in [0, 0.05) is 5.56 Å². The Balaban J connectivity index is 2.14. The van der Waals surface area contributed by atoms with E-state index >= 15 is 0 Å². The highest BCUT2D eigenvalue weighted by Gasteiger charge is 2.09. The van der Waals surface area contributed by atoms with Crippen LogP contribution in [0.3, 0.4) is 0 Å². The SMILES string of the molecule is CCc1ccc(C(=O)Nc2cccc(C(=O)O)n2)cc1. The largest absolute Gasteiger partial charge is 0.477 e. The molecule has 2 rings (SSSR count). The number of carboxylic acids is 1. The first-order valence-corrected chi connectivity index (χ1v) is 6.21. The summed E-state index contributed by atoms with van der Waals surface area (Å²) in [5, 5.41) is 11.4. The van der Waals surface area contributed by atoms with E-state index in [0.717, 1.165) is 12.0 Å². The van der Waals surface area contributed by atoms with Gasteiger partial charge in [-0.25, -0.2) is 9.78 Å². The lowest BCUT2D eigenvalue weighted by Gasteiger charge is -2.05. The van der Waals surface area contributed by atoms with Crippen molar-refractivity contribution in [1.82, 2.24) is 4.98 Å². The second kappa shape index (κ2) is 5.97. The first-order valence-electron chi connectivity index (χ1n) is 6.21. The molecule has 1 aromatic heterocycles. The van der Waals surface area contributed by atoms with Gasteiger partial charge in [-0.3, -0.25) is 4.79 Å². The molecule has 1 amide bonds. The molecule has 2 N–H and O–H groups in total. The van der Waals surface area contributed by atoms with Crippen molar-refractivity contribution in [2.75, 3.05) is 5.32 Å². The fraction of sp³-hybridized carbons (Fsp3) is 0.133. The Morgan fingerprint density at radius 3 is 2.45 bits per heavy atom. The summed E-state index contributed by atoms with van der Waals surface area (Å²) in [4.78, 5) is 26.6. The molecule has 0 aliphatic rings. The number of aryl methyl sites for hydroxylation is 1. The van der Waals surface area contributed by atoms with Gasteiger partial charge in [-0.1, -0.05) is 25.1 Å². The Labute approximate surface area is 116 Å². The molecule has 0 bridgehead atoms. The zero-order valence-electron chi connectivity index (χ0n) is 11.0. The van der Waals surface area contributed by atoms with E-state index in [1.165, 1.54) is 12.1 Å². The fourth-order valence-corrected chi connectivity index (χ4v) is 1.70. The van der Waals surface area contributed by atoms with Crippen LogP contribution in [0, 0.1) is 0 Å². The third-order valence-electron chi connectivity index (χ3n) is 2.83. The molecule has 2 aromatic rings. The van der Waals surface area contributed by atoms with Gasteiger partial charge in [0.25, 0.3) is 5.91 Å². The van der Waals surface area contributed by atoms with Crippen molar-refractivity contribution in [3.05, 3.63) is 59.3 Å². The average Bonchev–Trinajstić information content (AvgIpc) is 2.47. The maximum atomic E-state index is 12.0. The lowest BCUT2D eigenvalue weighted by molar-refractivity contribution is 0.0690. The van der Waals surface area contributed by atoms with Crippen LogP contribution in [0.25, 0.3) is 0 Å². The summed E-state index contributed by atoms with van der Waals surface area (Å²) in [5.74, 6) is -1.23. The molecule has 0 aliphatic carbocycles. The minimum atomic E-state index is -1.13. The summed E-state index contributed by atoms with van der Waals surface area (Å²) in [5.41, 5.74) is 1.54. The van der Waals surface area contributed by atoms with Crippen LogP contribution in [0.15, 0.2) is 42.5 Å². The van der Waals surface area contributed by atoms with Gasteiger partial charge in [0.1, 0.15) is 5.82 Å². The number of nitrogens with one attached hydrogen (secondary N) is 1. The summed E-state index contributed by atoms with van der Waals surface area (Å²) in [7, 11) is 0. The number of nitrogens with zero attached hydrogens (tertiary/aromatic N) is 1. The molecule has 0 atom stereocenters. The molecule has 102 valence electrons. The number of rotatable bonds is 4. The molecular weight excluding hydrogens is 256 g/mol. The van der Waals surface area contributed by atoms with E-state index in [9.17, 15) is 9.59 Å². The zero-order chi connectivity index (χ0) is 14.5. The molecule has 5 heteroatoms. The molecule has 20 heavy (non-hydrogen) atoms. The van der Waals surface area contributed by atoms with E-state index < -0.39 is 5.97 Å². The molecule has 0 saturated heterocycles. The molecule has 0 radical (unpaired) electrons. The number of pyridine rings is 1. The second-order valence-corrected chi connectivity index (χ2v) is 4.22. The normalized spacial score (nSPS) is 10.1. The van der Waals surface area contributed by atoms with Crippen molar-refractivity contribution in [1.29, 1.82) is 0 Å². The first-order chi connectivity index (χ1) is 9.60. The van der Waals surface area contributed by atoms with Gasteiger partial charge in [-0.2, -0.15) is 0 Å². The predicted octanol–water partition coefficient (Wildman–Crippen LogP) is 2.59. The molecule has 1 heterocycles. The van der Waals surface area contributed by atoms with E-state index in [-0.39, 0.29) is 17.4 Å². The van der Waals surface area contributed by atoms with Crippen molar-refractivity contribution < 1.29 is 14.7 Å². The number of aromatic carboxylic acids is 1. The Morgan fingerprint density at radius 1 is 1.15 bits per heavy atom. The van der Waals surface area contributed by atoms with Crippen LogP contribution in [0.1, 0.15) is 33.3 Å². The van der Waals surface area contributed by atoms with Crippen LogP contribution in [0.2, 0.25) is 0 Å². The number of carboxylic acid groups (broad SMARTS) is 1. The Bertz CT molecular complexity index is 636. The minimum Gasteiger partial charge on any atom is -0.477 e. The van der Waals surface area contributed by atoms with E-state index in [4.69, 9.17) is 5.11 Å². The highest BCUT2D eigenvalue weighted by Crippen LogP contribution is 2.09. The van der Waals surface area contributed by atoms with Gasteiger partial charge < -0.3 is 10.4 Å². The van der Waals surface area contributed by atoms with Crippen LogP contribution < -0.4 is 5.32 Å². The number of aromatic nitrogens is 1. The summed E-state index contributed by atoms with van der Waals surface area (Å²) in [6.07, 6.45) is 0.907. The van der Waals surface area contributed by atoms with E-state index in [2.05, 4.69) is 10.3 Å². The molecule has 1 aromatic carbocycles. The zero-order valence-corrected chi connectivity index (χ0v) is 11.0. The Kier molecular flexibility index (Phi) is 4.10. The highest BCUT2D eigenvalue weighted by atomic mass is 16.4. The lowest BCUT2D eigenvalue weighted by Crippen LogP contribution is -2.14. The first kappa shape index (κ1) is 13.7. The summed E-state index contributed by atoms with van der Waals surface area (Å²) in [6, 6.07) is 11.7. The lowest BCUT2D eigenvalue weighted by atomic mass is 10.1. The molecular formula is C15H14N2O3. The van der Waals surface area contributed by atoms with Crippen molar-refractivity contribution >= 4 is 17.7 Å². The maximum absolute atomic E-state index is 12.0. The highest BCUT2D eigenvalue weighted by molar-refractivity contribution is 6.04. The van der Waals surface area contributed by atoms with E-state index in [0.29, 0.717) is 5.56 Å². The monoisotopic (exact) mass is 270 g/mol. The topological polar surface area (TPSA) is 79.3 Å². The summed E-state index contributed by atoms with van der Waals surface area (Å²) < 4.78 is 0. The third kappa shape index (κ3) is 3.20. The van der Waals surface area contributed by atoms with Crippen molar-refractivity contribution in [2.24, 2.45) is 0 Å². The van der Waals surface area contributed by atoms with Gasteiger partial charge >= 0.3 is 5.97 Å². The van der Waals surface area contributed by atoms with E-state index in [1.54, 1.807) is 18.2 Å². The Morgan fingerprint density at radius 2 is 1.85 bits per heavy atom. The number of amides is 1. The quantitative estimate of drug-likeness (QED) is 0.895. The number of hydrogen-bond donors (Lipinski definition) is 2. The van der Waals surface area contributed by atoms with Crippen LogP contribution in [0.5, 0.6) is 0 Å². The molecule has 0 unspecified atom stereocenters. The van der Waals surface area contributed by atoms with Crippen molar-refractivity contribution in [3.63, 3.8) is 0 Å². The standard InChI is InChI=1S/C15H14N2O3/c1-2-10-6-8-11(9-7-10)14(18)17-13-5-3-4-12(16-13)15(19)20/h3-9H,2H2,1H3,(H,19,20)(H,16,17,18). The smallest absolute Gasteiger partial charge is 0.354 e. The number of carbonyl (C=O) groups is 2. The van der Waals surface area contributed by atoms with Crippen LogP contribution in [0.4, 0.5) is 5.82 Å². The summed E-state index contributed by atoms with van der Waals surface area (Å²) >= 11 is 0. The molecule has 0 aliphatic heterocycles. The number of anilines is 1. The van der Waals surface area contributed by atoms with Crippen LogP contribution >= 0.6 is 0 Å². The maximum Gasteiger partial charge on any atom is 0.354 e. The molecule has 0 spiro atoms. The van der Waals surface area contributed by atoms with Crippen molar-refractivity contribution in [3.8, 4) is 0 Å². The number of carbonyl (C=O) groups excluding carboxylic acids is 1. The molecule has 0 saturated carbocycles. The van der Waals surface area contributed by atoms with Crippen LogP contribution in [-0.4, -0.2) is 22.0 Å². The number of benzene rings is 1. The van der Waals surface area contributed by atoms with Gasteiger partial charge in [-0.15, -0.1) is 0 Å². The third-order valence-corrected chi connectivity index (χ3v) is 2.83. The van der Waals surface area contributed by atoms with Gasteiger partial charge in [-0.05, 0) is 36.2 Å². The van der Waals surface area contributed by atoms with Gasteiger partial charge in [0.05, 0.1) is 0 Å². The Hall–Kier alpha value is -2.69. The van der Waals surface area contributed by atoms with Crippen molar-refractivity contribution in [2.45, 2.75) is 13.3 Å². The molecule has 0 fully saturated rings. The van der Waals surface area contributed by atoms with Gasteiger partial charge in [0.2, 0.25) is 0 Å². The fourth-order valence-electron chi connectivity index (χ4n) is 1.70. The van der Waals surface area contributed by atoms with E-state index in [1.807, 2.05) is 19.1 Å². The number of hydrogen-bond acceptors (Lipinski definition) is 3. The second-order valence-electron chi connectivity index (χ2n) is 4.22.